The second-order valence-corrected chi connectivity index (χ2v) is 9.95. The fourth-order valence-corrected chi connectivity index (χ4v) is 4.77. The van der Waals surface area contributed by atoms with Crippen LogP contribution in [0.5, 0.6) is 5.75 Å². The van der Waals surface area contributed by atoms with Crippen molar-refractivity contribution in [1.29, 1.82) is 0 Å². The van der Waals surface area contributed by atoms with Gasteiger partial charge in [0.2, 0.25) is 0 Å². The molecule has 1 aliphatic heterocycles. The van der Waals surface area contributed by atoms with Gasteiger partial charge in [0.15, 0.2) is 0 Å². The van der Waals surface area contributed by atoms with E-state index >= 15 is 0 Å². The number of ether oxygens (including phenoxy) is 1. The summed E-state index contributed by atoms with van der Waals surface area (Å²) in [6.45, 7) is 6.66. The minimum absolute atomic E-state index is 0.0238. The molecule has 1 fully saturated rings. The molecule has 1 saturated heterocycles. The molecule has 6 nitrogen and oxygen atoms in total. The minimum atomic E-state index is -4.63. The number of anilines is 1. The van der Waals surface area contributed by atoms with Crippen LogP contribution in [0, 0.1) is 6.92 Å². The molecule has 9 heteroatoms. The number of aromatic nitrogens is 1. The topological polar surface area (TPSA) is 63.6 Å². The summed E-state index contributed by atoms with van der Waals surface area (Å²) in [7, 11) is 1.59. The van der Waals surface area contributed by atoms with Gasteiger partial charge in [0, 0.05) is 42.8 Å². The van der Waals surface area contributed by atoms with E-state index in [-0.39, 0.29) is 17.9 Å². The Morgan fingerprint density at radius 2 is 1.68 bits per heavy atom. The highest BCUT2D eigenvalue weighted by molar-refractivity contribution is 6.05. The second-order valence-electron chi connectivity index (χ2n) is 9.95. The summed E-state index contributed by atoms with van der Waals surface area (Å²) < 4.78 is 47.2. The molecule has 2 aromatic carbocycles. The lowest BCUT2D eigenvalue weighted by Gasteiger charge is -2.32. The van der Waals surface area contributed by atoms with Crippen LogP contribution in [0.4, 0.5) is 18.9 Å². The molecule has 0 bridgehead atoms. The number of benzene rings is 2. The molecular formula is C29H32F3N3O3. The first-order chi connectivity index (χ1) is 18.0. The number of alkyl halides is 3. The average molecular weight is 528 g/mol. The highest BCUT2D eigenvalue weighted by Crippen LogP contribution is 2.34. The monoisotopic (exact) mass is 527 g/mol. The number of halogens is 3. The average Bonchev–Trinajstić information content (AvgIpc) is 3.36. The Labute approximate surface area is 220 Å². The maximum atomic E-state index is 13.5. The van der Waals surface area contributed by atoms with Gasteiger partial charge in [-0.3, -0.25) is 9.59 Å². The number of methoxy groups -OCH3 is 1. The summed E-state index contributed by atoms with van der Waals surface area (Å²) in [6, 6.07) is 12.4. The lowest BCUT2D eigenvalue weighted by Crippen LogP contribution is -2.37. The third-order valence-corrected chi connectivity index (χ3v) is 7.07. The molecule has 1 N–H and O–H groups in total. The van der Waals surface area contributed by atoms with Crippen LogP contribution in [0.2, 0.25) is 0 Å². The Hall–Kier alpha value is -3.75. The summed E-state index contributed by atoms with van der Waals surface area (Å²) >= 11 is 0. The number of likely N-dealkylation sites (tertiary alicyclic amines) is 1. The van der Waals surface area contributed by atoms with Crippen molar-refractivity contribution in [3.63, 3.8) is 0 Å². The van der Waals surface area contributed by atoms with E-state index in [1.54, 1.807) is 39.2 Å². The van der Waals surface area contributed by atoms with Crippen LogP contribution in [0.15, 0.2) is 54.9 Å². The molecule has 0 atom stereocenters. The molecule has 1 aromatic heterocycles. The predicted octanol–water partition coefficient (Wildman–Crippen LogP) is 6.68. The maximum absolute atomic E-state index is 13.5. The van der Waals surface area contributed by atoms with Gasteiger partial charge >= 0.3 is 6.18 Å². The number of hydrogen-bond acceptors (Lipinski definition) is 3. The largest absolute Gasteiger partial charge is 0.496 e. The highest BCUT2D eigenvalue weighted by Gasteiger charge is 2.37. The lowest BCUT2D eigenvalue weighted by molar-refractivity contribution is -0.137. The SMILES string of the molecule is COc1cc(C(=O)N2CCC(c3ccc(NC(=O)c4cn(C(C)C)cc4C(F)(F)F)cc3)CC2)ccc1C. The summed E-state index contributed by atoms with van der Waals surface area (Å²) in [4.78, 5) is 27.5. The Morgan fingerprint density at radius 1 is 1.03 bits per heavy atom. The summed E-state index contributed by atoms with van der Waals surface area (Å²) in [6.07, 6.45) is -0.845. The number of rotatable bonds is 6. The summed E-state index contributed by atoms with van der Waals surface area (Å²) in [5.74, 6) is 0.103. The number of amides is 2. The lowest BCUT2D eigenvalue weighted by atomic mass is 9.89. The van der Waals surface area contributed by atoms with Gasteiger partial charge in [0.05, 0.1) is 18.2 Å². The second kappa shape index (κ2) is 10.9. The van der Waals surface area contributed by atoms with Gasteiger partial charge in [0.1, 0.15) is 5.75 Å². The van der Waals surface area contributed by atoms with Crippen molar-refractivity contribution in [2.45, 2.75) is 51.7 Å². The van der Waals surface area contributed by atoms with Crippen molar-refractivity contribution in [3.8, 4) is 5.75 Å². The van der Waals surface area contributed by atoms with Crippen LogP contribution >= 0.6 is 0 Å². The maximum Gasteiger partial charge on any atom is 0.418 e. The molecule has 1 aliphatic rings. The zero-order valence-electron chi connectivity index (χ0n) is 21.9. The number of nitrogens with zero attached hydrogens (tertiary/aromatic N) is 2. The Morgan fingerprint density at radius 3 is 2.26 bits per heavy atom. The Bertz CT molecular complexity index is 1300. The molecule has 38 heavy (non-hydrogen) atoms. The van der Waals surface area contributed by atoms with E-state index in [0.29, 0.717) is 30.1 Å². The van der Waals surface area contributed by atoms with E-state index < -0.39 is 23.2 Å². The van der Waals surface area contributed by atoms with Crippen LogP contribution in [-0.2, 0) is 6.18 Å². The highest BCUT2D eigenvalue weighted by atomic mass is 19.4. The fourth-order valence-electron chi connectivity index (χ4n) is 4.77. The first-order valence-corrected chi connectivity index (χ1v) is 12.6. The van der Waals surface area contributed by atoms with Gasteiger partial charge in [-0.1, -0.05) is 18.2 Å². The first-order valence-electron chi connectivity index (χ1n) is 12.6. The van der Waals surface area contributed by atoms with Gasteiger partial charge in [-0.2, -0.15) is 13.2 Å². The van der Waals surface area contributed by atoms with E-state index in [2.05, 4.69) is 5.32 Å². The third kappa shape index (κ3) is 5.87. The van der Waals surface area contributed by atoms with Crippen molar-refractivity contribution in [2.24, 2.45) is 0 Å². The van der Waals surface area contributed by atoms with Gasteiger partial charge in [-0.15, -0.1) is 0 Å². The summed E-state index contributed by atoms with van der Waals surface area (Å²) in [5.41, 5.74) is 1.70. The quantitative estimate of drug-likeness (QED) is 0.389. The predicted molar refractivity (Wildman–Crippen MR) is 140 cm³/mol. The number of hydrogen-bond donors (Lipinski definition) is 1. The van der Waals surface area contributed by atoms with Crippen LogP contribution in [-0.4, -0.2) is 41.5 Å². The van der Waals surface area contributed by atoms with Crippen molar-refractivity contribution in [2.75, 3.05) is 25.5 Å². The van der Waals surface area contributed by atoms with Gasteiger partial charge in [0.25, 0.3) is 11.8 Å². The normalized spacial score (nSPS) is 14.6. The Kier molecular flexibility index (Phi) is 7.85. The van der Waals surface area contributed by atoms with Crippen molar-refractivity contribution in [1.82, 2.24) is 9.47 Å². The molecule has 0 spiro atoms. The fraction of sp³-hybridized carbons (Fsp3) is 0.379. The van der Waals surface area contributed by atoms with Gasteiger partial charge < -0.3 is 19.5 Å². The third-order valence-electron chi connectivity index (χ3n) is 7.07. The van der Waals surface area contributed by atoms with E-state index in [1.807, 2.05) is 36.1 Å². The van der Waals surface area contributed by atoms with Crippen molar-refractivity contribution in [3.05, 3.63) is 82.7 Å². The number of carbonyl (C=O) groups excluding carboxylic acids is 2. The standard InChI is InChI=1S/C29H32F3N3O3/c1-18(2)35-16-24(25(17-35)29(30,31)32)27(36)33-23-9-7-20(8-10-23)21-11-13-34(14-12-21)28(37)22-6-5-19(3)26(15-22)38-4/h5-10,15-18,21H,11-14H2,1-4H3,(H,33,36). The van der Waals surface area contributed by atoms with Gasteiger partial charge in [-0.25, -0.2) is 0 Å². The zero-order valence-corrected chi connectivity index (χ0v) is 21.9. The first kappa shape index (κ1) is 27.3. The smallest absolute Gasteiger partial charge is 0.418 e. The number of carbonyl (C=O) groups is 2. The van der Waals surface area contributed by atoms with E-state index in [0.717, 1.165) is 30.2 Å². The zero-order chi connectivity index (χ0) is 27.6. The molecule has 0 saturated carbocycles. The van der Waals surface area contributed by atoms with Crippen LogP contribution in [0.25, 0.3) is 0 Å². The number of aryl methyl sites for hydroxylation is 1. The molecule has 0 radical (unpaired) electrons. The van der Waals surface area contributed by atoms with Crippen molar-refractivity contribution >= 4 is 17.5 Å². The van der Waals surface area contributed by atoms with Crippen LogP contribution in [0.1, 0.15) is 76.1 Å². The van der Waals surface area contributed by atoms with Gasteiger partial charge in [-0.05, 0) is 74.9 Å². The van der Waals surface area contributed by atoms with Crippen LogP contribution < -0.4 is 10.1 Å². The summed E-state index contributed by atoms with van der Waals surface area (Å²) in [5, 5.41) is 2.59. The number of nitrogens with one attached hydrogen (secondary N) is 1. The molecule has 3 aromatic rings. The Balaban J connectivity index is 1.38. The minimum Gasteiger partial charge on any atom is -0.496 e. The molecular weight excluding hydrogens is 495 g/mol. The molecule has 2 amide bonds. The van der Waals surface area contributed by atoms with Crippen LogP contribution in [0.3, 0.4) is 0 Å². The molecule has 2 heterocycles. The number of piperidine rings is 1. The van der Waals surface area contributed by atoms with E-state index in [1.165, 1.54) is 10.8 Å². The molecule has 202 valence electrons. The molecule has 4 rings (SSSR count). The van der Waals surface area contributed by atoms with E-state index in [4.69, 9.17) is 4.74 Å². The molecule has 0 aliphatic carbocycles. The van der Waals surface area contributed by atoms with Crippen molar-refractivity contribution < 1.29 is 27.5 Å². The van der Waals surface area contributed by atoms with E-state index in [9.17, 15) is 22.8 Å². The molecule has 0 unspecified atom stereocenters.